The fraction of sp³-hybridized carbons (Fsp3) is 0.250. The lowest BCUT2D eigenvalue weighted by molar-refractivity contribution is -0.139. The normalized spacial score (nSPS) is 9.69. The van der Waals surface area contributed by atoms with Gasteiger partial charge in [0.25, 0.3) is 5.56 Å². The molecule has 0 saturated carbocycles. The van der Waals surface area contributed by atoms with Gasteiger partial charge in [-0.05, 0) is 6.07 Å². The Hall–Kier alpha value is -1.65. The zero-order valence-electron chi connectivity index (χ0n) is 6.96. The van der Waals surface area contributed by atoms with Crippen LogP contribution in [0.15, 0.2) is 16.9 Å². The van der Waals surface area contributed by atoms with Crippen LogP contribution in [-0.4, -0.2) is 18.1 Å². The summed E-state index contributed by atoms with van der Waals surface area (Å²) in [5.41, 5.74) is -0.365. The van der Waals surface area contributed by atoms with E-state index in [-0.39, 0.29) is 12.1 Å². The van der Waals surface area contributed by atoms with Gasteiger partial charge in [-0.3, -0.25) is 9.59 Å². The number of halogens is 1. The predicted octanol–water partition coefficient (Wildman–Crippen LogP) is 0.229. The standard InChI is InChI=1S/C8H8FNO3/c1-13-8(12)4-6-2-5(9)3-7(11)10-6/h2-3H,4H2,1H3,(H,10,11). The molecule has 0 aliphatic rings. The van der Waals surface area contributed by atoms with E-state index in [9.17, 15) is 14.0 Å². The van der Waals surface area contributed by atoms with Gasteiger partial charge in [-0.1, -0.05) is 0 Å². The number of rotatable bonds is 2. The fourth-order valence-electron chi connectivity index (χ4n) is 0.887. The molecule has 1 aromatic heterocycles. The lowest BCUT2D eigenvalue weighted by Gasteiger charge is -1.98. The highest BCUT2D eigenvalue weighted by Gasteiger charge is 2.04. The Labute approximate surface area is 73.3 Å². The third-order valence-corrected chi connectivity index (χ3v) is 1.43. The van der Waals surface area contributed by atoms with E-state index in [4.69, 9.17) is 0 Å². The molecule has 1 heterocycles. The summed E-state index contributed by atoms with van der Waals surface area (Å²) >= 11 is 0. The molecule has 0 bridgehead atoms. The molecule has 0 fully saturated rings. The first-order chi connectivity index (χ1) is 6.11. The van der Waals surface area contributed by atoms with Crippen LogP contribution in [0.5, 0.6) is 0 Å². The Balaban J connectivity index is 2.89. The molecule has 5 heteroatoms. The Morgan fingerprint density at radius 3 is 2.85 bits per heavy atom. The van der Waals surface area contributed by atoms with Crippen LogP contribution in [0.1, 0.15) is 5.69 Å². The summed E-state index contributed by atoms with van der Waals surface area (Å²) in [5, 5.41) is 0. The second-order valence-corrected chi connectivity index (χ2v) is 2.44. The average Bonchev–Trinajstić information content (AvgIpc) is 2.02. The van der Waals surface area contributed by atoms with Crippen molar-refractivity contribution in [1.29, 1.82) is 0 Å². The van der Waals surface area contributed by atoms with Gasteiger partial charge in [0, 0.05) is 11.8 Å². The molecule has 1 aromatic rings. The van der Waals surface area contributed by atoms with Gasteiger partial charge in [0.1, 0.15) is 5.82 Å². The number of carbonyl (C=O) groups excluding carboxylic acids is 1. The molecular formula is C8H8FNO3. The monoisotopic (exact) mass is 185 g/mol. The first-order valence-corrected chi connectivity index (χ1v) is 3.57. The van der Waals surface area contributed by atoms with E-state index in [1.165, 1.54) is 7.11 Å². The average molecular weight is 185 g/mol. The van der Waals surface area contributed by atoms with Gasteiger partial charge in [-0.2, -0.15) is 0 Å². The number of nitrogens with one attached hydrogen (secondary N) is 1. The summed E-state index contributed by atoms with van der Waals surface area (Å²) in [4.78, 5) is 23.8. The van der Waals surface area contributed by atoms with E-state index >= 15 is 0 Å². The van der Waals surface area contributed by atoms with Crippen molar-refractivity contribution in [2.24, 2.45) is 0 Å². The second-order valence-electron chi connectivity index (χ2n) is 2.44. The number of aromatic amines is 1. The van der Waals surface area contributed by atoms with Crippen LogP contribution in [0.4, 0.5) is 4.39 Å². The largest absolute Gasteiger partial charge is 0.469 e. The Kier molecular flexibility index (Phi) is 2.79. The minimum absolute atomic E-state index is 0.135. The molecule has 13 heavy (non-hydrogen) atoms. The molecular weight excluding hydrogens is 177 g/mol. The van der Waals surface area contributed by atoms with Crippen molar-refractivity contribution in [2.45, 2.75) is 6.42 Å². The number of hydrogen-bond donors (Lipinski definition) is 1. The van der Waals surface area contributed by atoms with Crippen molar-refractivity contribution < 1.29 is 13.9 Å². The van der Waals surface area contributed by atoms with Crippen molar-refractivity contribution in [3.8, 4) is 0 Å². The minimum atomic E-state index is -0.664. The molecule has 0 aliphatic carbocycles. The number of aromatic nitrogens is 1. The molecule has 1 N–H and O–H groups in total. The lowest BCUT2D eigenvalue weighted by Crippen LogP contribution is -2.13. The van der Waals surface area contributed by atoms with Crippen LogP contribution in [0, 0.1) is 5.82 Å². The van der Waals surface area contributed by atoms with Crippen molar-refractivity contribution in [1.82, 2.24) is 4.98 Å². The van der Waals surface area contributed by atoms with E-state index in [2.05, 4.69) is 9.72 Å². The molecule has 1 rings (SSSR count). The number of methoxy groups -OCH3 is 1. The zero-order chi connectivity index (χ0) is 9.84. The Bertz CT molecular complexity index is 372. The van der Waals surface area contributed by atoms with Crippen LogP contribution in [0.3, 0.4) is 0 Å². The van der Waals surface area contributed by atoms with Crippen LogP contribution >= 0.6 is 0 Å². The maximum atomic E-state index is 12.6. The molecule has 0 saturated heterocycles. The van der Waals surface area contributed by atoms with E-state index in [1.807, 2.05) is 0 Å². The summed E-state index contributed by atoms with van der Waals surface area (Å²) < 4.78 is 17.0. The van der Waals surface area contributed by atoms with E-state index < -0.39 is 17.3 Å². The maximum Gasteiger partial charge on any atom is 0.311 e. The highest BCUT2D eigenvalue weighted by molar-refractivity contribution is 5.71. The number of hydrogen-bond acceptors (Lipinski definition) is 3. The smallest absolute Gasteiger partial charge is 0.311 e. The topological polar surface area (TPSA) is 59.2 Å². The number of esters is 1. The number of H-pyrrole nitrogens is 1. The lowest BCUT2D eigenvalue weighted by atomic mass is 10.3. The molecule has 0 unspecified atom stereocenters. The first-order valence-electron chi connectivity index (χ1n) is 3.57. The van der Waals surface area contributed by atoms with Gasteiger partial charge in [-0.25, -0.2) is 4.39 Å². The van der Waals surface area contributed by atoms with Gasteiger partial charge in [0.15, 0.2) is 0 Å². The maximum absolute atomic E-state index is 12.6. The van der Waals surface area contributed by atoms with Gasteiger partial charge >= 0.3 is 5.97 Å². The van der Waals surface area contributed by atoms with Crippen molar-refractivity contribution >= 4 is 5.97 Å². The zero-order valence-corrected chi connectivity index (χ0v) is 6.96. The van der Waals surface area contributed by atoms with E-state index in [0.29, 0.717) is 0 Å². The summed E-state index contributed by atoms with van der Waals surface area (Å²) in [7, 11) is 1.22. The molecule has 0 aliphatic heterocycles. The fourth-order valence-corrected chi connectivity index (χ4v) is 0.887. The first kappa shape index (κ1) is 9.44. The molecule has 0 spiro atoms. The van der Waals surface area contributed by atoms with E-state index in [1.54, 1.807) is 0 Å². The van der Waals surface area contributed by atoms with Gasteiger partial charge < -0.3 is 9.72 Å². The third kappa shape index (κ3) is 2.70. The van der Waals surface area contributed by atoms with Gasteiger partial charge in [0.2, 0.25) is 0 Å². The molecule has 0 amide bonds. The SMILES string of the molecule is COC(=O)Cc1cc(F)cc(=O)[nH]1. The second kappa shape index (κ2) is 3.84. The number of carbonyl (C=O) groups is 1. The van der Waals surface area contributed by atoms with Crippen LogP contribution < -0.4 is 5.56 Å². The van der Waals surface area contributed by atoms with Crippen LogP contribution in [0.2, 0.25) is 0 Å². The molecule has 0 aromatic carbocycles. The highest BCUT2D eigenvalue weighted by Crippen LogP contribution is 1.98. The molecule has 70 valence electrons. The number of pyridine rings is 1. The predicted molar refractivity (Wildman–Crippen MR) is 42.7 cm³/mol. The van der Waals surface area contributed by atoms with Crippen LogP contribution in [0.25, 0.3) is 0 Å². The Morgan fingerprint density at radius 1 is 1.62 bits per heavy atom. The molecule has 0 atom stereocenters. The van der Waals surface area contributed by atoms with Crippen molar-refractivity contribution in [3.05, 3.63) is 34.0 Å². The van der Waals surface area contributed by atoms with Crippen molar-refractivity contribution in [3.63, 3.8) is 0 Å². The van der Waals surface area contributed by atoms with Crippen LogP contribution in [-0.2, 0) is 16.0 Å². The third-order valence-electron chi connectivity index (χ3n) is 1.43. The summed E-state index contributed by atoms with van der Waals surface area (Å²) in [5.74, 6) is -1.19. The quantitative estimate of drug-likeness (QED) is 0.671. The van der Waals surface area contributed by atoms with E-state index in [0.717, 1.165) is 12.1 Å². The Morgan fingerprint density at radius 2 is 2.31 bits per heavy atom. The summed E-state index contributed by atoms with van der Waals surface area (Å²) in [6, 6.07) is 1.89. The summed E-state index contributed by atoms with van der Waals surface area (Å²) in [6.07, 6.45) is -0.135. The van der Waals surface area contributed by atoms with Crippen molar-refractivity contribution in [2.75, 3.05) is 7.11 Å². The van der Waals surface area contributed by atoms with Gasteiger partial charge in [0.05, 0.1) is 13.5 Å². The minimum Gasteiger partial charge on any atom is -0.469 e. The highest BCUT2D eigenvalue weighted by atomic mass is 19.1. The summed E-state index contributed by atoms with van der Waals surface area (Å²) in [6.45, 7) is 0. The number of ether oxygens (including phenoxy) is 1. The van der Waals surface area contributed by atoms with Gasteiger partial charge in [-0.15, -0.1) is 0 Å². The molecule has 0 radical (unpaired) electrons. The molecule has 4 nitrogen and oxygen atoms in total.